The molecule has 0 atom stereocenters. The maximum absolute atomic E-state index is 12.4. The Labute approximate surface area is 174 Å². The van der Waals surface area contributed by atoms with Gasteiger partial charge in [-0.05, 0) is 69.0 Å². The summed E-state index contributed by atoms with van der Waals surface area (Å²) < 4.78 is 5.49. The van der Waals surface area contributed by atoms with Crippen LogP contribution >= 0.6 is 0 Å². The van der Waals surface area contributed by atoms with Crippen molar-refractivity contribution in [3.05, 3.63) is 35.9 Å². The van der Waals surface area contributed by atoms with Gasteiger partial charge in [-0.25, -0.2) is 4.79 Å². The zero-order valence-corrected chi connectivity index (χ0v) is 17.4. The van der Waals surface area contributed by atoms with Gasteiger partial charge < -0.3 is 14.5 Å². The molecule has 5 heteroatoms. The third-order valence-electron chi connectivity index (χ3n) is 7.27. The van der Waals surface area contributed by atoms with E-state index in [1.165, 1.54) is 25.9 Å². The molecule has 0 radical (unpaired) electrons. The summed E-state index contributed by atoms with van der Waals surface area (Å²) in [6, 6.07) is 10.5. The number of likely N-dealkylation sites (tertiary alicyclic amines) is 2. The van der Waals surface area contributed by atoms with Crippen molar-refractivity contribution in [2.75, 3.05) is 26.2 Å². The largest absolute Gasteiger partial charge is 0.445 e. The Morgan fingerprint density at radius 2 is 1.48 bits per heavy atom. The third-order valence-corrected chi connectivity index (χ3v) is 7.27. The van der Waals surface area contributed by atoms with Crippen molar-refractivity contribution in [2.45, 2.75) is 64.0 Å². The second kappa shape index (κ2) is 9.75. The quantitative estimate of drug-likeness (QED) is 0.760. The number of carbonyl (C=O) groups is 2. The molecule has 1 amide bonds. The molecule has 1 aromatic carbocycles. The monoisotopic (exact) mass is 398 g/mol. The van der Waals surface area contributed by atoms with Gasteiger partial charge in [0.2, 0.25) is 0 Å². The van der Waals surface area contributed by atoms with Gasteiger partial charge >= 0.3 is 6.09 Å². The van der Waals surface area contributed by atoms with Crippen LogP contribution in [0.3, 0.4) is 0 Å². The summed E-state index contributed by atoms with van der Waals surface area (Å²) in [7, 11) is 0. The SMILES string of the molecule is O=C1CCC(C2CCN(C3CCN(C(=O)OCc4ccccc4)CC3)CC2)CC1. The number of rotatable bonds is 4. The van der Waals surface area contributed by atoms with Crippen LogP contribution in [0.1, 0.15) is 56.9 Å². The normalized spacial score (nSPS) is 23.3. The predicted octanol–water partition coefficient (Wildman–Crippen LogP) is 4.26. The second-order valence-corrected chi connectivity index (χ2v) is 9.01. The Balaban J connectivity index is 1.16. The molecule has 0 N–H and O–H groups in total. The molecule has 2 heterocycles. The number of benzene rings is 1. The lowest BCUT2D eigenvalue weighted by Gasteiger charge is -2.43. The van der Waals surface area contributed by atoms with Crippen molar-refractivity contribution in [3.8, 4) is 0 Å². The molecule has 5 nitrogen and oxygen atoms in total. The molecule has 29 heavy (non-hydrogen) atoms. The minimum Gasteiger partial charge on any atom is -0.445 e. The highest BCUT2D eigenvalue weighted by atomic mass is 16.6. The van der Waals surface area contributed by atoms with Gasteiger partial charge in [-0.2, -0.15) is 0 Å². The van der Waals surface area contributed by atoms with E-state index < -0.39 is 0 Å². The van der Waals surface area contributed by atoms with Gasteiger partial charge in [-0.3, -0.25) is 4.79 Å². The van der Waals surface area contributed by atoms with Crippen LogP contribution in [0.15, 0.2) is 30.3 Å². The van der Waals surface area contributed by atoms with E-state index in [0.29, 0.717) is 18.4 Å². The summed E-state index contributed by atoms with van der Waals surface area (Å²) in [6.45, 7) is 4.29. The zero-order chi connectivity index (χ0) is 20.1. The first-order valence-electron chi connectivity index (χ1n) is 11.4. The van der Waals surface area contributed by atoms with Gasteiger partial charge in [0.05, 0.1) is 0 Å². The van der Waals surface area contributed by atoms with Crippen molar-refractivity contribution >= 4 is 11.9 Å². The summed E-state index contributed by atoms with van der Waals surface area (Å²) in [5.41, 5.74) is 1.03. The molecule has 0 bridgehead atoms. The molecular weight excluding hydrogens is 364 g/mol. The second-order valence-electron chi connectivity index (χ2n) is 9.01. The Morgan fingerprint density at radius 3 is 2.14 bits per heavy atom. The maximum Gasteiger partial charge on any atom is 0.410 e. The van der Waals surface area contributed by atoms with Crippen LogP contribution in [0, 0.1) is 11.8 Å². The Bertz CT molecular complexity index is 667. The predicted molar refractivity (Wildman–Crippen MR) is 112 cm³/mol. The first kappa shape index (κ1) is 20.4. The number of hydrogen-bond donors (Lipinski definition) is 0. The molecule has 4 rings (SSSR count). The fourth-order valence-electron chi connectivity index (χ4n) is 5.41. The summed E-state index contributed by atoms with van der Waals surface area (Å²) in [5, 5.41) is 0. The van der Waals surface area contributed by atoms with Gasteiger partial charge in [0.25, 0.3) is 0 Å². The van der Waals surface area contributed by atoms with E-state index in [1.54, 1.807) is 0 Å². The molecular formula is C24H34N2O3. The number of ether oxygens (including phenoxy) is 1. The molecule has 2 saturated heterocycles. The molecule has 0 unspecified atom stereocenters. The van der Waals surface area contributed by atoms with E-state index in [1.807, 2.05) is 35.2 Å². The number of hydrogen-bond acceptors (Lipinski definition) is 4. The van der Waals surface area contributed by atoms with E-state index >= 15 is 0 Å². The van der Waals surface area contributed by atoms with E-state index in [0.717, 1.165) is 69.0 Å². The lowest BCUT2D eigenvalue weighted by atomic mass is 9.75. The van der Waals surface area contributed by atoms with Crippen LogP contribution in [-0.4, -0.2) is 53.9 Å². The van der Waals surface area contributed by atoms with E-state index in [2.05, 4.69) is 4.90 Å². The summed E-state index contributed by atoms with van der Waals surface area (Å²) in [5.74, 6) is 2.05. The van der Waals surface area contributed by atoms with Gasteiger partial charge in [0.15, 0.2) is 0 Å². The number of Topliss-reactive ketones (excluding diaryl/α,β-unsaturated/α-hetero) is 1. The lowest BCUT2D eigenvalue weighted by molar-refractivity contribution is -0.121. The smallest absolute Gasteiger partial charge is 0.410 e. The van der Waals surface area contributed by atoms with Crippen LogP contribution in [0.2, 0.25) is 0 Å². The molecule has 3 fully saturated rings. The average molecular weight is 399 g/mol. The summed E-state index contributed by atoms with van der Waals surface area (Å²) in [6.07, 6.45) is 8.31. The molecule has 3 aliphatic rings. The minimum absolute atomic E-state index is 0.183. The van der Waals surface area contributed by atoms with Crippen molar-refractivity contribution in [1.29, 1.82) is 0 Å². The molecule has 158 valence electrons. The van der Waals surface area contributed by atoms with Crippen LogP contribution in [0.4, 0.5) is 4.79 Å². The van der Waals surface area contributed by atoms with Gasteiger partial charge in [0.1, 0.15) is 12.4 Å². The number of nitrogens with zero attached hydrogens (tertiary/aromatic N) is 2. The van der Waals surface area contributed by atoms with Gasteiger partial charge in [0, 0.05) is 32.0 Å². The maximum atomic E-state index is 12.4. The van der Waals surface area contributed by atoms with Crippen molar-refractivity contribution in [2.24, 2.45) is 11.8 Å². The third kappa shape index (κ3) is 5.39. The van der Waals surface area contributed by atoms with Gasteiger partial charge in [-0.1, -0.05) is 30.3 Å². The Hall–Kier alpha value is -1.88. The number of amides is 1. The number of piperidine rings is 2. The number of carbonyl (C=O) groups excluding carboxylic acids is 2. The first-order valence-corrected chi connectivity index (χ1v) is 11.4. The molecule has 1 saturated carbocycles. The lowest BCUT2D eigenvalue weighted by Crippen LogP contribution is -2.49. The van der Waals surface area contributed by atoms with Crippen molar-refractivity contribution in [3.63, 3.8) is 0 Å². The molecule has 1 aliphatic carbocycles. The number of ketones is 1. The Morgan fingerprint density at radius 1 is 0.862 bits per heavy atom. The highest BCUT2D eigenvalue weighted by molar-refractivity contribution is 5.79. The van der Waals surface area contributed by atoms with Crippen LogP contribution in [0.5, 0.6) is 0 Å². The van der Waals surface area contributed by atoms with E-state index in [-0.39, 0.29) is 6.09 Å². The topological polar surface area (TPSA) is 49.9 Å². The average Bonchev–Trinajstić information content (AvgIpc) is 2.79. The summed E-state index contributed by atoms with van der Waals surface area (Å²) in [4.78, 5) is 28.4. The first-order chi connectivity index (χ1) is 14.2. The molecule has 0 aromatic heterocycles. The van der Waals surface area contributed by atoms with Crippen molar-refractivity contribution in [1.82, 2.24) is 9.80 Å². The minimum atomic E-state index is -0.183. The van der Waals surface area contributed by atoms with Crippen LogP contribution < -0.4 is 0 Å². The molecule has 0 spiro atoms. The molecule has 1 aromatic rings. The summed E-state index contributed by atoms with van der Waals surface area (Å²) >= 11 is 0. The van der Waals surface area contributed by atoms with Gasteiger partial charge in [-0.15, -0.1) is 0 Å². The van der Waals surface area contributed by atoms with E-state index in [9.17, 15) is 9.59 Å². The van der Waals surface area contributed by atoms with E-state index in [4.69, 9.17) is 4.74 Å². The van der Waals surface area contributed by atoms with Crippen LogP contribution in [0.25, 0.3) is 0 Å². The molecule has 2 aliphatic heterocycles. The zero-order valence-electron chi connectivity index (χ0n) is 17.4. The standard InChI is InChI=1S/C24H34N2O3/c27-23-8-6-20(7-9-23)21-10-14-25(15-11-21)22-12-16-26(17-13-22)24(28)29-18-19-4-2-1-3-5-19/h1-5,20-22H,6-18H2. The fourth-order valence-corrected chi connectivity index (χ4v) is 5.41. The highest BCUT2D eigenvalue weighted by Crippen LogP contribution is 2.35. The highest BCUT2D eigenvalue weighted by Gasteiger charge is 2.33. The fraction of sp³-hybridized carbons (Fsp3) is 0.667. The van der Waals surface area contributed by atoms with Crippen molar-refractivity contribution < 1.29 is 14.3 Å². The Kier molecular flexibility index (Phi) is 6.86. The van der Waals surface area contributed by atoms with Crippen LogP contribution in [-0.2, 0) is 16.1 Å².